The molecule has 0 spiro atoms. The van der Waals surface area contributed by atoms with E-state index in [4.69, 9.17) is 14.2 Å². The predicted molar refractivity (Wildman–Crippen MR) is 316 cm³/mol. The Kier molecular flexibility index (Phi) is 58.7. The molecule has 0 aliphatic heterocycles. The Morgan fingerprint density at radius 3 is 0.836 bits per heavy atom. The molecule has 0 amide bonds. The van der Waals surface area contributed by atoms with Gasteiger partial charge in [-0.25, -0.2) is 0 Å². The second-order valence-corrected chi connectivity index (χ2v) is 21.0. The first kappa shape index (κ1) is 69.8. The quantitative estimate of drug-likeness (QED) is 0.0261. The Hall–Kier alpha value is -3.15. The maximum atomic E-state index is 12.9. The van der Waals surface area contributed by atoms with Crippen LogP contribution < -0.4 is 0 Å². The summed E-state index contributed by atoms with van der Waals surface area (Å²) in [7, 11) is 0. The number of carbonyl (C=O) groups is 3. The molecule has 0 saturated carbocycles. The molecule has 0 aliphatic rings. The van der Waals surface area contributed by atoms with Gasteiger partial charge in [-0.15, -0.1) is 0 Å². The summed E-state index contributed by atoms with van der Waals surface area (Å²) >= 11 is 0. The highest BCUT2D eigenvalue weighted by Gasteiger charge is 2.19. The third kappa shape index (κ3) is 59.6. The van der Waals surface area contributed by atoms with Gasteiger partial charge in [0.25, 0.3) is 0 Å². The van der Waals surface area contributed by atoms with Crippen LogP contribution in [0.5, 0.6) is 0 Å². The molecule has 6 nitrogen and oxygen atoms in total. The summed E-state index contributed by atoms with van der Waals surface area (Å²) in [4.78, 5) is 38.3. The van der Waals surface area contributed by atoms with Gasteiger partial charge in [0.15, 0.2) is 6.10 Å². The van der Waals surface area contributed by atoms with E-state index in [0.717, 1.165) is 70.6 Å². The fourth-order valence-corrected chi connectivity index (χ4v) is 8.94. The molecule has 0 N–H and O–H groups in total. The summed E-state index contributed by atoms with van der Waals surface area (Å²) in [6.07, 6.45) is 79.0. The molecule has 0 radical (unpaired) electrons. The average Bonchev–Trinajstić information content (AvgIpc) is 3.39. The lowest BCUT2D eigenvalue weighted by Gasteiger charge is -2.18. The summed E-state index contributed by atoms with van der Waals surface area (Å²) in [5.41, 5.74) is 0. The van der Waals surface area contributed by atoms with E-state index in [1.54, 1.807) is 0 Å². The molecular weight excluding hydrogens is 901 g/mol. The van der Waals surface area contributed by atoms with E-state index in [2.05, 4.69) is 93.7 Å². The normalized spacial score (nSPS) is 12.5. The summed E-state index contributed by atoms with van der Waals surface area (Å²) in [6, 6.07) is 0. The molecular formula is C67H118O6. The lowest BCUT2D eigenvalue weighted by Crippen LogP contribution is -2.30. The zero-order valence-corrected chi connectivity index (χ0v) is 48.4. The van der Waals surface area contributed by atoms with Gasteiger partial charge in [-0.3, -0.25) is 14.4 Å². The molecule has 0 rings (SSSR count). The van der Waals surface area contributed by atoms with Crippen LogP contribution in [0.15, 0.2) is 72.9 Å². The average molecular weight is 1020 g/mol. The van der Waals surface area contributed by atoms with Crippen LogP contribution in [0.3, 0.4) is 0 Å². The van der Waals surface area contributed by atoms with Crippen molar-refractivity contribution < 1.29 is 28.6 Å². The maximum Gasteiger partial charge on any atom is 0.306 e. The van der Waals surface area contributed by atoms with Gasteiger partial charge in [0.2, 0.25) is 0 Å². The lowest BCUT2D eigenvalue weighted by molar-refractivity contribution is -0.167. The Morgan fingerprint density at radius 2 is 0.507 bits per heavy atom. The Balaban J connectivity index is 4.42. The van der Waals surface area contributed by atoms with E-state index in [1.807, 2.05) is 0 Å². The van der Waals surface area contributed by atoms with Crippen LogP contribution >= 0.6 is 0 Å². The highest BCUT2D eigenvalue weighted by molar-refractivity contribution is 5.71. The van der Waals surface area contributed by atoms with Crippen molar-refractivity contribution >= 4 is 17.9 Å². The van der Waals surface area contributed by atoms with Crippen molar-refractivity contribution in [2.75, 3.05) is 13.2 Å². The number of unbranched alkanes of at least 4 members (excludes halogenated alkanes) is 34. The largest absolute Gasteiger partial charge is 0.462 e. The first-order valence-electron chi connectivity index (χ1n) is 31.4. The minimum absolute atomic E-state index is 0.0955. The minimum atomic E-state index is -0.805. The van der Waals surface area contributed by atoms with Crippen molar-refractivity contribution in [3.63, 3.8) is 0 Å². The number of hydrogen-bond donors (Lipinski definition) is 0. The molecule has 0 heterocycles. The molecule has 1 atom stereocenters. The molecule has 0 bridgehead atoms. The molecule has 73 heavy (non-hydrogen) atoms. The van der Waals surface area contributed by atoms with E-state index < -0.39 is 6.10 Å². The van der Waals surface area contributed by atoms with E-state index in [1.165, 1.54) is 199 Å². The van der Waals surface area contributed by atoms with E-state index in [-0.39, 0.29) is 37.5 Å². The van der Waals surface area contributed by atoms with Crippen LogP contribution in [0.2, 0.25) is 0 Å². The van der Waals surface area contributed by atoms with E-state index in [9.17, 15) is 14.4 Å². The Morgan fingerprint density at radius 1 is 0.274 bits per heavy atom. The summed E-state index contributed by atoms with van der Waals surface area (Å²) < 4.78 is 16.9. The van der Waals surface area contributed by atoms with Crippen LogP contribution in [0, 0.1) is 0 Å². The lowest BCUT2D eigenvalue weighted by atomic mass is 10.0. The second-order valence-electron chi connectivity index (χ2n) is 21.0. The van der Waals surface area contributed by atoms with Gasteiger partial charge in [-0.2, -0.15) is 0 Å². The van der Waals surface area contributed by atoms with Crippen LogP contribution in [0.25, 0.3) is 0 Å². The van der Waals surface area contributed by atoms with E-state index in [0.29, 0.717) is 19.3 Å². The van der Waals surface area contributed by atoms with Gasteiger partial charge in [-0.1, -0.05) is 280 Å². The zero-order chi connectivity index (χ0) is 52.9. The van der Waals surface area contributed by atoms with E-state index >= 15 is 0 Å². The summed E-state index contributed by atoms with van der Waals surface area (Å²) in [6.45, 7) is 6.58. The standard InChI is InChI=1S/C67H118O6/c1-4-7-10-13-16-19-22-25-28-31-33-36-38-41-44-47-50-53-56-59-65(68)71-62-64(73-67(70)61-58-55-52-49-46-43-40-35-30-27-24-21-18-15-12-9-6-3)63-72-66(69)60-57-54-51-48-45-42-39-37-34-32-29-26-23-20-17-14-11-8-5-2/h16,18-19,21,25,27-28,30,40,43,49,52,64H,4-15,17,20,22-24,26,29,31-39,41-42,44-48,50-51,53-63H2,1-3H3/b19-16-,21-18-,28-25-,30-27-,43-40-,52-49-/t64-/m1/s1. The fourth-order valence-electron chi connectivity index (χ4n) is 8.94. The van der Waals surface area contributed by atoms with Crippen molar-refractivity contribution in [2.45, 2.75) is 322 Å². The molecule has 0 saturated heterocycles. The third-order valence-corrected chi connectivity index (χ3v) is 13.7. The number of carbonyl (C=O) groups excluding carboxylic acids is 3. The highest BCUT2D eigenvalue weighted by atomic mass is 16.6. The van der Waals surface area contributed by atoms with Crippen LogP contribution in [-0.2, 0) is 28.6 Å². The smallest absolute Gasteiger partial charge is 0.306 e. The molecule has 0 unspecified atom stereocenters. The molecule has 0 aliphatic carbocycles. The van der Waals surface area contributed by atoms with Crippen LogP contribution in [0.1, 0.15) is 316 Å². The Labute approximate surface area is 453 Å². The van der Waals surface area contributed by atoms with Gasteiger partial charge in [-0.05, 0) is 89.9 Å². The van der Waals surface area contributed by atoms with Crippen LogP contribution in [-0.4, -0.2) is 37.2 Å². The number of rotatable bonds is 57. The van der Waals surface area contributed by atoms with Gasteiger partial charge in [0.05, 0.1) is 0 Å². The van der Waals surface area contributed by atoms with Crippen molar-refractivity contribution in [2.24, 2.45) is 0 Å². The highest BCUT2D eigenvalue weighted by Crippen LogP contribution is 2.17. The van der Waals surface area contributed by atoms with Crippen LogP contribution in [0.4, 0.5) is 0 Å². The van der Waals surface area contributed by atoms with Gasteiger partial charge < -0.3 is 14.2 Å². The van der Waals surface area contributed by atoms with Gasteiger partial charge >= 0.3 is 17.9 Å². The fraction of sp³-hybridized carbons (Fsp3) is 0.776. The monoisotopic (exact) mass is 1020 g/mol. The SMILES string of the molecule is CCCCC/C=C\C/C=C\C/C=C\C/C=C\CCCC(=O)O[C@H](COC(=O)CCCCCCCCCCC/C=C\C/C=C\CCCCC)COC(=O)CCCCCCCCCCCCCCCCCCCCC. The topological polar surface area (TPSA) is 78.9 Å². The first-order valence-corrected chi connectivity index (χ1v) is 31.4. The predicted octanol–water partition coefficient (Wildman–Crippen LogP) is 21.3. The van der Waals surface area contributed by atoms with Crippen molar-refractivity contribution in [1.29, 1.82) is 0 Å². The third-order valence-electron chi connectivity index (χ3n) is 13.7. The number of esters is 3. The summed E-state index contributed by atoms with van der Waals surface area (Å²) in [5, 5.41) is 0. The van der Waals surface area contributed by atoms with Gasteiger partial charge in [0, 0.05) is 19.3 Å². The maximum absolute atomic E-state index is 12.9. The number of hydrogen-bond acceptors (Lipinski definition) is 6. The zero-order valence-electron chi connectivity index (χ0n) is 48.4. The Bertz CT molecular complexity index is 1360. The number of allylic oxidation sites excluding steroid dienone is 12. The molecule has 0 aromatic rings. The first-order chi connectivity index (χ1) is 36.0. The molecule has 422 valence electrons. The van der Waals surface area contributed by atoms with Crippen molar-refractivity contribution in [3.8, 4) is 0 Å². The van der Waals surface area contributed by atoms with Crippen molar-refractivity contribution in [1.82, 2.24) is 0 Å². The number of ether oxygens (including phenoxy) is 3. The van der Waals surface area contributed by atoms with Gasteiger partial charge in [0.1, 0.15) is 13.2 Å². The second kappa shape index (κ2) is 61.4. The molecule has 0 fully saturated rings. The molecule has 0 aromatic carbocycles. The molecule has 0 aromatic heterocycles. The summed E-state index contributed by atoms with van der Waals surface area (Å²) in [5.74, 6) is -0.942. The minimum Gasteiger partial charge on any atom is -0.462 e. The van der Waals surface area contributed by atoms with Crippen molar-refractivity contribution in [3.05, 3.63) is 72.9 Å². The molecule has 6 heteroatoms.